The van der Waals surface area contributed by atoms with Gasteiger partial charge in [0.2, 0.25) is 0 Å². The average Bonchev–Trinajstić information content (AvgIpc) is 2.72. The summed E-state index contributed by atoms with van der Waals surface area (Å²) in [5.74, 6) is -3.22. The minimum atomic E-state index is -4.68. The summed E-state index contributed by atoms with van der Waals surface area (Å²) in [4.78, 5) is 48.1. The van der Waals surface area contributed by atoms with E-state index in [1.165, 1.54) is 55.4 Å². The fourth-order valence-electron chi connectivity index (χ4n) is 2.08. The fraction of sp³-hybridized carbons (Fsp3) is 0.500. The summed E-state index contributed by atoms with van der Waals surface area (Å²) in [5, 5.41) is 0. The molecule has 4 unspecified atom stereocenters. The normalized spacial score (nSPS) is 15.6. The summed E-state index contributed by atoms with van der Waals surface area (Å²) in [6.07, 6.45) is -5.53. The third-order valence-electron chi connectivity index (χ3n) is 3.73. The molecule has 0 aromatic carbocycles. The molecule has 4 atom stereocenters. The van der Waals surface area contributed by atoms with Crippen molar-refractivity contribution in [1.82, 2.24) is 0 Å². The molecule has 0 aromatic heterocycles. The zero-order valence-corrected chi connectivity index (χ0v) is 23.5. The molecular weight excluding hydrogens is 508 g/mol. The zero-order chi connectivity index (χ0) is 29.1. The average molecular weight is 545 g/mol. The quantitative estimate of drug-likeness (QED) is 0.0924. The van der Waals surface area contributed by atoms with E-state index in [1.807, 2.05) is 0 Å². The molecule has 0 saturated heterocycles. The Morgan fingerprint density at radius 3 is 0.757 bits per heavy atom. The number of carbonyl (C=O) groups excluding carboxylic acids is 4. The number of carbonyl (C=O) groups is 4. The van der Waals surface area contributed by atoms with Crippen LogP contribution in [0.15, 0.2) is 48.6 Å². The van der Waals surface area contributed by atoms with Crippen molar-refractivity contribution in [3.8, 4) is 0 Å². The molecule has 0 bridgehead atoms. The van der Waals surface area contributed by atoms with Crippen LogP contribution >= 0.6 is 0 Å². The number of hydrogen-bond donors (Lipinski definition) is 0. The molecule has 208 valence electrons. The van der Waals surface area contributed by atoms with Gasteiger partial charge in [-0.15, -0.1) is 0 Å². The molecule has 0 aliphatic rings. The topological polar surface area (TPSA) is 142 Å². The van der Waals surface area contributed by atoms with Gasteiger partial charge in [0, 0.05) is 22.3 Å². The van der Waals surface area contributed by atoms with Gasteiger partial charge in [-0.3, -0.25) is 0 Å². The first-order valence-electron chi connectivity index (χ1n) is 11.1. The SMILES string of the molecule is C=C(C)C(=O)OC(C)O[Si](OC(C)OC(=O)C(=C)C)(OC(C)OC(=O)C(=C)C)OC(C)OC(=O)C(=C)C. The summed E-state index contributed by atoms with van der Waals surface area (Å²) >= 11 is 0. The molecule has 0 radical (unpaired) electrons. The van der Waals surface area contributed by atoms with Crippen LogP contribution in [-0.2, 0) is 55.8 Å². The van der Waals surface area contributed by atoms with Crippen LogP contribution < -0.4 is 0 Å². The Balaban J connectivity index is 6.31. The number of esters is 4. The Kier molecular flexibility index (Phi) is 13.9. The van der Waals surface area contributed by atoms with E-state index in [4.69, 9.17) is 36.7 Å². The fourth-order valence-corrected chi connectivity index (χ4v) is 4.23. The molecule has 13 heteroatoms. The van der Waals surface area contributed by atoms with E-state index in [0.29, 0.717) is 0 Å². The number of ether oxygens (including phenoxy) is 4. The maximum Gasteiger partial charge on any atom is 0.690 e. The van der Waals surface area contributed by atoms with Crippen LogP contribution in [0.1, 0.15) is 55.4 Å². The highest BCUT2D eigenvalue weighted by atomic mass is 28.4. The molecule has 0 amide bonds. The lowest BCUT2D eigenvalue weighted by Crippen LogP contribution is -2.57. The van der Waals surface area contributed by atoms with E-state index in [0.717, 1.165) is 0 Å². The lowest BCUT2D eigenvalue weighted by Gasteiger charge is -2.35. The summed E-state index contributed by atoms with van der Waals surface area (Å²) in [5.41, 5.74) is 0.284. The van der Waals surface area contributed by atoms with Crippen LogP contribution in [0.25, 0.3) is 0 Å². The van der Waals surface area contributed by atoms with Gasteiger partial charge in [-0.2, -0.15) is 0 Å². The van der Waals surface area contributed by atoms with Gasteiger partial charge in [0.1, 0.15) is 0 Å². The third-order valence-corrected chi connectivity index (χ3v) is 6.21. The molecule has 37 heavy (non-hydrogen) atoms. The van der Waals surface area contributed by atoms with Gasteiger partial charge >= 0.3 is 32.9 Å². The van der Waals surface area contributed by atoms with Crippen molar-refractivity contribution in [3.63, 3.8) is 0 Å². The summed E-state index contributed by atoms with van der Waals surface area (Å²) in [7, 11) is -4.68. The van der Waals surface area contributed by atoms with E-state index in [2.05, 4.69) is 26.3 Å². The van der Waals surface area contributed by atoms with E-state index in [1.54, 1.807) is 0 Å². The second kappa shape index (κ2) is 15.2. The Morgan fingerprint density at radius 2 is 0.622 bits per heavy atom. The van der Waals surface area contributed by atoms with Crippen LogP contribution in [-0.4, -0.2) is 58.1 Å². The minimum absolute atomic E-state index is 0.0711. The number of hydrogen-bond acceptors (Lipinski definition) is 12. The van der Waals surface area contributed by atoms with Crippen LogP contribution in [0.3, 0.4) is 0 Å². The first-order valence-corrected chi connectivity index (χ1v) is 12.7. The summed E-state index contributed by atoms with van der Waals surface area (Å²) in [6, 6.07) is 0. The zero-order valence-electron chi connectivity index (χ0n) is 22.5. The molecule has 12 nitrogen and oxygen atoms in total. The Hall–Kier alpha value is -3.10. The van der Waals surface area contributed by atoms with Crippen molar-refractivity contribution >= 4 is 32.9 Å². The monoisotopic (exact) mass is 544 g/mol. The van der Waals surface area contributed by atoms with Crippen LogP contribution in [0.4, 0.5) is 0 Å². The van der Waals surface area contributed by atoms with E-state index >= 15 is 0 Å². The second-order valence-electron chi connectivity index (χ2n) is 7.98. The largest absolute Gasteiger partial charge is 0.690 e. The predicted molar refractivity (Wildman–Crippen MR) is 132 cm³/mol. The second-order valence-corrected chi connectivity index (χ2v) is 9.93. The van der Waals surface area contributed by atoms with Gasteiger partial charge in [0.25, 0.3) is 0 Å². The maximum absolute atomic E-state index is 12.0. The van der Waals surface area contributed by atoms with E-state index < -0.39 is 58.1 Å². The highest BCUT2D eigenvalue weighted by molar-refractivity contribution is 6.53. The molecule has 0 saturated carbocycles. The molecular formula is C24H36O12Si. The molecule has 0 rings (SSSR count). The molecule has 0 N–H and O–H groups in total. The van der Waals surface area contributed by atoms with Gasteiger partial charge in [-0.1, -0.05) is 26.3 Å². The third kappa shape index (κ3) is 13.1. The van der Waals surface area contributed by atoms with Crippen LogP contribution in [0.5, 0.6) is 0 Å². The van der Waals surface area contributed by atoms with Crippen molar-refractivity contribution in [3.05, 3.63) is 48.6 Å². The predicted octanol–water partition coefficient (Wildman–Crippen LogP) is 3.35. The molecule has 0 heterocycles. The van der Waals surface area contributed by atoms with E-state index in [-0.39, 0.29) is 22.3 Å². The van der Waals surface area contributed by atoms with Crippen molar-refractivity contribution in [2.75, 3.05) is 0 Å². The van der Waals surface area contributed by atoms with Gasteiger partial charge < -0.3 is 36.7 Å². The lowest BCUT2D eigenvalue weighted by molar-refractivity contribution is -0.226. The van der Waals surface area contributed by atoms with Gasteiger partial charge in [0.15, 0.2) is 25.2 Å². The first-order chi connectivity index (χ1) is 16.9. The molecule has 0 fully saturated rings. The molecule has 0 aliphatic heterocycles. The van der Waals surface area contributed by atoms with Crippen LogP contribution in [0.2, 0.25) is 0 Å². The maximum atomic E-state index is 12.0. The van der Waals surface area contributed by atoms with Crippen molar-refractivity contribution in [2.45, 2.75) is 80.6 Å². The van der Waals surface area contributed by atoms with Crippen molar-refractivity contribution in [1.29, 1.82) is 0 Å². The lowest BCUT2D eigenvalue weighted by atomic mass is 10.4. The van der Waals surface area contributed by atoms with Crippen LogP contribution in [0, 0.1) is 0 Å². The molecule has 0 spiro atoms. The van der Waals surface area contributed by atoms with Gasteiger partial charge in [-0.05, 0) is 55.4 Å². The summed E-state index contributed by atoms with van der Waals surface area (Å²) in [6.45, 7) is 24.9. The van der Waals surface area contributed by atoms with Crippen molar-refractivity contribution < 1.29 is 55.8 Å². The standard InChI is InChI=1S/C24H36O12Si/c1-13(2)21(25)29-17(9)33-37(34-18(10)30-22(26)14(3)4,35-19(11)31-23(27)15(5)6)36-20(12)32-24(28)16(7)8/h17-20H,1,3,5,7H2,2,4,6,8-12H3. The van der Waals surface area contributed by atoms with Gasteiger partial charge in [0.05, 0.1) is 0 Å². The Morgan fingerprint density at radius 1 is 0.459 bits per heavy atom. The highest BCUT2D eigenvalue weighted by Crippen LogP contribution is 2.24. The Bertz CT molecular complexity index is 775. The Labute approximate surface area is 218 Å². The molecule has 0 aromatic rings. The number of rotatable bonds is 16. The summed E-state index contributed by atoms with van der Waals surface area (Å²) < 4.78 is 43.5. The first kappa shape index (κ1) is 33.9. The smallest absolute Gasteiger partial charge is 0.434 e. The van der Waals surface area contributed by atoms with Crippen molar-refractivity contribution in [2.24, 2.45) is 0 Å². The highest BCUT2D eigenvalue weighted by Gasteiger charge is 2.54. The van der Waals surface area contributed by atoms with Gasteiger partial charge in [-0.25, -0.2) is 19.2 Å². The van der Waals surface area contributed by atoms with E-state index in [9.17, 15) is 19.2 Å². The minimum Gasteiger partial charge on any atom is -0.434 e. The molecule has 0 aliphatic carbocycles.